The van der Waals surface area contributed by atoms with Crippen molar-refractivity contribution in [2.24, 2.45) is 0 Å². The molecule has 0 unspecified atom stereocenters. The molecule has 3 nitrogen and oxygen atoms in total. The second kappa shape index (κ2) is 8.48. The SMILES string of the molecule is O=C(CCSc1ccccc1)NCCCc1ccco1. The molecular weight excluding hydrogens is 270 g/mol. The van der Waals surface area contributed by atoms with Crippen LogP contribution in [0.4, 0.5) is 0 Å². The minimum absolute atomic E-state index is 0.118. The molecule has 1 amide bonds. The van der Waals surface area contributed by atoms with Crippen molar-refractivity contribution in [2.45, 2.75) is 24.2 Å². The molecule has 0 fully saturated rings. The van der Waals surface area contributed by atoms with Gasteiger partial charge in [-0.2, -0.15) is 0 Å². The highest BCUT2D eigenvalue weighted by Crippen LogP contribution is 2.17. The summed E-state index contributed by atoms with van der Waals surface area (Å²) in [6, 6.07) is 14.0. The summed E-state index contributed by atoms with van der Waals surface area (Å²) in [5, 5.41) is 2.94. The van der Waals surface area contributed by atoms with Gasteiger partial charge in [0.2, 0.25) is 5.91 Å². The summed E-state index contributed by atoms with van der Waals surface area (Å²) in [7, 11) is 0. The Hall–Kier alpha value is -1.68. The molecule has 4 heteroatoms. The number of carbonyl (C=O) groups excluding carboxylic acids is 1. The summed E-state index contributed by atoms with van der Waals surface area (Å²) >= 11 is 1.71. The van der Waals surface area contributed by atoms with Crippen molar-refractivity contribution in [1.82, 2.24) is 5.32 Å². The Kier molecular flexibility index (Phi) is 6.24. The van der Waals surface area contributed by atoms with Crippen LogP contribution in [0.3, 0.4) is 0 Å². The van der Waals surface area contributed by atoms with Crippen LogP contribution >= 0.6 is 11.8 Å². The van der Waals surface area contributed by atoms with E-state index >= 15 is 0 Å². The lowest BCUT2D eigenvalue weighted by Gasteiger charge is -2.04. The van der Waals surface area contributed by atoms with E-state index in [1.54, 1.807) is 18.0 Å². The van der Waals surface area contributed by atoms with E-state index in [9.17, 15) is 4.79 Å². The highest BCUT2D eigenvalue weighted by Gasteiger charge is 2.02. The van der Waals surface area contributed by atoms with Gasteiger partial charge < -0.3 is 9.73 Å². The molecule has 0 saturated heterocycles. The van der Waals surface area contributed by atoms with Crippen LogP contribution in [0, 0.1) is 0 Å². The highest BCUT2D eigenvalue weighted by atomic mass is 32.2. The third-order valence-corrected chi connectivity index (χ3v) is 3.86. The maximum absolute atomic E-state index is 11.6. The van der Waals surface area contributed by atoms with Crippen LogP contribution in [0.25, 0.3) is 0 Å². The minimum atomic E-state index is 0.118. The average Bonchev–Trinajstić information content (AvgIpc) is 2.98. The molecule has 1 heterocycles. The summed E-state index contributed by atoms with van der Waals surface area (Å²) in [6.07, 6.45) is 4.01. The third-order valence-electron chi connectivity index (χ3n) is 2.84. The predicted octanol–water partition coefficient (Wildman–Crippen LogP) is 3.51. The van der Waals surface area contributed by atoms with Crippen LogP contribution in [0.2, 0.25) is 0 Å². The lowest BCUT2D eigenvalue weighted by atomic mass is 10.2. The van der Waals surface area contributed by atoms with Crippen LogP contribution in [-0.4, -0.2) is 18.2 Å². The number of aryl methyl sites for hydroxylation is 1. The number of hydrogen-bond donors (Lipinski definition) is 1. The molecule has 0 radical (unpaired) electrons. The van der Waals surface area contributed by atoms with E-state index < -0.39 is 0 Å². The molecule has 0 bridgehead atoms. The Morgan fingerprint density at radius 2 is 2.00 bits per heavy atom. The first kappa shape index (κ1) is 14.7. The van der Waals surface area contributed by atoms with E-state index in [2.05, 4.69) is 17.4 Å². The van der Waals surface area contributed by atoms with Crippen LogP contribution in [0.5, 0.6) is 0 Å². The second-order valence-electron chi connectivity index (χ2n) is 4.44. The maximum Gasteiger partial charge on any atom is 0.220 e. The number of thioether (sulfide) groups is 1. The van der Waals surface area contributed by atoms with E-state index in [0.29, 0.717) is 13.0 Å². The Morgan fingerprint density at radius 3 is 2.75 bits per heavy atom. The molecule has 0 aliphatic carbocycles. The van der Waals surface area contributed by atoms with Crippen molar-refractivity contribution >= 4 is 17.7 Å². The monoisotopic (exact) mass is 289 g/mol. The standard InChI is InChI=1S/C16H19NO2S/c18-16(10-13-20-15-8-2-1-3-9-15)17-11-4-6-14-7-5-12-19-14/h1-3,5,7-9,12H,4,6,10-11,13H2,(H,17,18). The normalized spacial score (nSPS) is 10.4. The van der Waals surface area contributed by atoms with Crippen molar-refractivity contribution in [1.29, 1.82) is 0 Å². The summed E-state index contributed by atoms with van der Waals surface area (Å²) in [6.45, 7) is 0.704. The third kappa shape index (κ3) is 5.53. The van der Waals surface area contributed by atoms with Crippen molar-refractivity contribution < 1.29 is 9.21 Å². The zero-order valence-electron chi connectivity index (χ0n) is 11.4. The fourth-order valence-corrected chi connectivity index (χ4v) is 2.68. The first-order valence-electron chi connectivity index (χ1n) is 6.81. The molecule has 20 heavy (non-hydrogen) atoms. The summed E-state index contributed by atoms with van der Waals surface area (Å²) < 4.78 is 5.24. The molecule has 2 aromatic rings. The zero-order chi connectivity index (χ0) is 14.0. The first-order valence-corrected chi connectivity index (χ1v) is 7.80. The second-order valence-corrected chi connectivity index (χ2v) is 5.61. The summed E-state index contributed by atoms with van der Waals surface area (Å²) in [4.78, 5) is 12.9. The van der Waals surface area contributed by atoms with Crippen LogP contribution < -0.4 is 5.32 Å². The molecule has 0 spiro atoms. The minimum Gasteiger partial charge on any atom is -0.469 e. The van der Waals surface area contributed by atoms with Gasteiger partial charge in [0.05, 0.1) is 6.26 Å². The molecule has 0 atom stereocenters. The van der Waals surface area contributed by atoms with Gasteiger partial charge in [-0.1, -0.05) is 18.2 Å². The Bertz CT molecular complexity index is 496. The molecule has 0 saturated carbocycles. The van der Waals surface area contributed by atoms with E-state index in [4.69, 9.17) is 4.42 Å². The largest absolute Gasteiger partial charge is 0.469 e. The fraction of sp³-hybridized carbons (Fsp3) is 0.312. The number of amides is 1. The van der Waals surface area contributed by atoms with Gasteiger partial charge in [0, 0.05) is 30.0 Å². The fourth-order valence-electron chi connectivity index (χ4n) is 1.81. The van der Waals surface area contributed by atoms with Crippen LogP contribution in [-0.2, 0) is 11.2 Å². The van der Waals surface area contributed by atoms with Gasteiger partial charge in [-0.05, 0) is 30.7 Å². The molecule has 106 valence electrons. The van der Waals surface area contributed by atoms with Crippen molar-refractivity contribution in [3.63, 3.8) is 0 Å². The van der Waals surface area contributed by atoms with Gasteiger partial charge >= 0.3 is 0 Å². The van der Waals surface area contributed by atoms with Crippen molar-refractivity contribution in [3.8, 4) is 0 Å². The van der Waals surface area contributed by atoms with Crippen molar-refractivity contribution in [3.05, 3.63) is 54.5 Å². The molecule has 0 aliphatic rings. The average molecular weight is 289 g/mol. The molecule has 1 aromatic carbocycles. The topological polar surface area (TPSA) is 42.2 Å². The lowest BCUT2D eigenvalue weighted by Crippen LogP contribution is -2.24. The smallest absolute Gasteiger partial charge is 0.220 e. The van der Waals surface area contributed by atoms with E-state index in [0.717, 1.165) is 24.4 Å². The van der Waals surface area contributed by atoms with Gasteiger partial charge in [0.1, 0.15) is 5.76 Å². The number of rotatable bonds is 8. The zero-order valence-corrected chi connectivity index (χ0v) is 12.2. The molecule has 1 aromatic heterocycles. The maximum atomic E-state index is 11.6. The van der Waals surface area contributed by atoms with Crippen LogP contribution in [0.15, 0.2) is 58.0 Å². The van der Waals surface area contributed by atoms with Gasteiger partial charge in [-0.15, -0.1) is 11.8 Å². The number of furan rings is 1. The van der Waals surface area contributed by atoms with Crippen LogP contribution in [0.1, 0.15) is 18.6 Å². The number of nitrogens with one attached hydrogen (secondary N) is 1. The van der Waals surface area contributed by atoms with Crippen molar-refractivity contribution in [2.75, 3.05) is 12.3 Å². The molecular formula is C16H19NO2S. The van der Waals surface area contributed by atoms with Gasteiger partial charge in [-0.25, -0.2) is 0 Å². The number of carbonyl (C=O) groups is 1. The highest BCUT2D eigenvalue weighted by molar-refractivity contribution is 7.99. The predicted molar refractivity (Wildman–Crippen MR) is 81.8 cm³/mol. The van der Waals surface area contributed by atoms with Gasteiger partial charge in [-0.3, -0.25) is 4.79 Å². The quantitative estimate of drug-likeness (QED) is 0.597. The number of hydrogen-bond acceptors (Lipinski definition) is 3. The summed E-state index contributed by atoms with van der Waals surface area (Å²) in [5.41, 5.74) is 0. The van der Waals surface area contributed by atoms with E-state index in [1.165, 1.54) is 4.90 Å². The molecule has 0 aliphatic heterocycles. The lowest BCUT2D eigenvalue weighted by molar-refractivity contribution is -0.120. The van der Waals surface area contributed by atoms with Gasteiger partial charge in [0.25, 0.3) is 0 Å². The molecule has 2 rings (SSSR count). The van der Waals surface area contributed by atoms with Gasteiger partial charge in [0.15, 0.2) is 0 Å². The van der Waals surface area contributed by atoms with E-state index in [-0.39, 0.29) is 5.91 Å². The Morgan fingerprint density at radius 1 is 1.15 bits per heavy atom. The summed E-state index contributed by atoms with van der Waals surface area (Å²) in [5.74, 6) is 1.90. The Labute approximate surface area is 123 Å². The molecule has 1 N–H and O–H groups in total. The first-order chi connectivity index (χ1) is 9.84. The Balaban J connectivity index is 1.52. The van der Waals surface area contributed by atoms with E-state index in [1.807, 2.05) is 30.3 Å². The number of benzene rings is 1.